The Morgan fingerprint density at radius 3 is 2.20 bits per heavy atom. The summed E-state index contributed by atoms with van der Waals surface area (Å²) in [4.78, 5) is 0. The average molecular weight is 213 g/mol. The molecule has 0 aliphatic rings. The molecule has 0 saturated carbocycles. The van der Waals surface area contributed by atoms with Crippen LogP contribution in [-0.4, -0.2) is 12.6 Å². The van der Waals surface area contributed by atoms with Crippen LogP contribution >= 0.6 is 0 Å². The van der Waals surface area contributed by atoms with Crippen LogP contribution in [0, 0.1) is 11.3 Å². The normalized spacial score (nSPS) is 14.6. The van der Waals surface area contributed by atoms with E-state index in [4.69, 9.17) is 0 Å². The zero-order chi connectivity index (χ0) is 11.9. The minimum atomic E-state index is 0.491. The molecule has 1 atom stereocenters. The Bertz CT molecular complexity index is 149. The van der Waals surface area contributed by atoms with Gasteiger partial charge in [-0.15, -0.1) is 0 Å². The summed E-state index contributed by atoms with van der Waals surface area (Å²) in [5.41, 5.74) is 0.491. The van der Waals surface area contributed by atoms with Crippen molar-refractivity contribution in [1.82, 2.24) is 5.32 Å². The highest BCUT2D eigenvalue weighted by Gasteiger charge is 2.20. The zero-order valence-electron chi connectivity index (χ0n) is 11.7. The van der Waals surface area contributed by atoms with Crippen LogP contribution in [0.1, 0.15) is 67.2 Å². The standard InChI is InChI=1S/C14H31N/c1-7-10-15-13(4)11-14(5,6)9-8-12(2)3/h12-13,15H,7-11H2,1-6H3. The predicted molar refractivity (Wildman–Crippen MR) is 70.2 cm³/mol. The lowest BCUT2D eigenvalue weighted by atomic mass is 9.80. The molecule has 1 unspecified atom stereocenters. The monoisotopic (exact) mass is 213 g/mol. The molecule has 0 aliphatic carbocycles. The highest BCUT2D eigenvalue weighted by Crippen LogP contribution is 2.29. The summed E-state index contributed by atoms with van der Waals surface area (Å²) in [5.74, 6) is 0.836. The third-order valence-corrected chi connectivity index (χ3v) is 3.00. The Morgan fingerprint density at radius 2 is 1.73 bits per heavy atom. The number of hydrogen-bond donors (Lipinski definition) is 1. The van der Waals surface area contributed by atoms with Crippen molar-refractivity contribution in [2.24, 2.45) is 11.3 Å². The molecule has 15 heavy (non-hydrogen) atoms. The molecule has 1 N–H and O–H groups in total. The summed E-state index contributed by atoms with van der Waals surface area (Å²) in [6.07, 6.45) is 5.23. The van der Waals surface area contributed by atoms with Crippen LogP contribution in [0.5, 0.6) is 0 Å². The Labute approximate surface area is 97.0 Å². The van der Waals surface area contributed by atoms with Crippen LogP contribution in [0.4, 0.5) is 0 Å². The molecule has 0 fully saturated rings. The molecule has 0 bridgehead atoms. The minimum Gasteiger partial charge on any atom is -0.314 e. The van der Waals surface area contributed by atoms with E-state index in [9.17, 15) is 0 Å². The van der Waals surface area contributed by atoms with Crippen molar-refractivity contribution in [3.63, 3.8) is 0 Å². The first-order valence-electron chi connectivity index (χ1n) is 6.60. The molecule has 0 radical (unpaired) electrons. The first-order chi connectivity index (χ1) is 6.87. The van der Waals surface area contributed by atoms with Gasteiger partial charge in [-0.05, 0) is 44.1 Å². The van der Waals surface area contributed by atoms with Crippen LogP contribution in [-0.2, 0) is 0 Å². The van der Waals surface area contributed by atoms with Crippen molar-refractivity contribution in [3.8, 4) is 0 Å². The molecular weight excluding hydrogens is 182 g/mol. The molecule has 0 saturated heterocycles. The molecule has 1 nitrogen and oxygen atoms in total. The van der Waals surface area contributed by atoms with Gasteiger partial charge >= 0.3 is 0 Å². The fourth-order valence-electron chi connectivity index (χ4n) is 2.07. The molecule has 0 aromatic heterocycles. The lowest BCUT2D eigenvalue weighted by molar-refractivity contribution is 0.250. The van der Waals surface area contributed by atoms with E-state index in [-0.39, 0.29) is 0 Å². The highest BCUT2D eigenvalue weighted by molar-refractivity contribution is 4.75. The van der Waals surface area contributed by atoms with Gasteiger partial charge in [-0.25, -0.2) is 0 Å². The maximum atomic E-state index is 3.58. The molecule has 0 spiro atoms. The Morgan fingerprint density at radius 1 is 1.13 bits per heavy atom. The first-order valence-corrected chi connectivity index (χ1v) is 6.60. The van der Waals surface area contributed by atoms with Gasteiger partial charge in [-0.3, -0.25) is 0 Å². The van der Waals surface area contributed by atoms with E-state index in [1.165, 1.54) is 25.7 Å². The molecular formula is C14H31N. The molecule has 1 heteroatoms. The van der Waals surface area contributed by atoms with Gasteiger partial charge in [0.05, 0.1) is 0 Å². The van der Waals surface area contributed by atoms with Gasteiger partial charge in [0.1, 0.15) is 0 Å². The van der Waals surface area contributed by atoms with Crippen LogP contribution in [0.3, 0.4) is 0 Å². The van der Waals surface area contributed by atoms with E-state index in [2.05, 4.69) is 46.9 Å². The predicted octanol–water partition coefficient (Wildman–Crippen LogP) is 4.23. The van der Waals surface area contributed by atoms with Crippen LogP contribution in [0.15, 0.2) is 0 Å². The van der Waals surface area contributed by atoms with E-state index in [0.717, 1.165) is 12.5 Å². The van der Waals surface area contributed by atoms with E-state index in [1.54, 1.807) is 0 Å². The van der Waals surface area contributed by atoms with Crippen LogP contribution in [0.2, 0.25) is 0 Å². The van der Waals surface area contributed by atoms with Gasteiger partial charge in [-0.1, -0.05) is 41.0 Å². The summed E-state index contributed by atoms with van der Waals surface area (Å²) >= 11 is 0. The van der Waals surface area contributed by atoms with Gasteiger partial charge in [-0.2, -0.15) is 0 Å². The smallest absolute Gasteiger partial charge is 0.00438 e. The molecule has 92 valence electrons. The molecule has 0 aliphatic heterocycles. The highest BCUT2D eigenvalue weighted by atomic mass is 14.9. The van der Waals surface area contributed by atoms with Crippen molar-refractivity contribution >= 4 is 0 Å². The SMILES string of the molecule is CCCNC(C)CC(C)(C)CCC(C)C. The van der Waals surface area contributed by atoms with Crippen molar-refractivity contribution in [2.45, 2.75) is 73.3 Å². The quantitative estimate of drug-likeness (QED) is 0.636. The van der Waals surface area contributed by atoms with E-state index >= 15 is 0 Å². The molecule has 0 amide bonds. The third kappa shape index (κ3) is 8.92. The summed E-state index contributed by atoms with van der Waals surface area (Å²) < 4.78 is 0. The summed E-state index contributed by atoms with van der Waals surface area (Å²) in [7, 11) is 0. The first kappa shape index (κ1) is 15.0. The third-order valence-electron chi connectivity index (χ3n) is 3.00. The van der Waals surface area contributed by atoms with Crippen molar-refractivity contribution < 1.29 is 0 Å². The molecule has 0 aromatic carbocycles. The van der Waals surface area contributed by atoms with Gasteiger partial charge in [0.25, 0.3) is 0 Å². The van der Waals surface area contributed by atoms with E-state index in [1.807, 2.05) is 0 Å². The largest absolute Gasteiger partial charge is 0.314 e. The van der Waals surface area contributed by atoms with Gasteiger partial charge in [0.15, 0.2) is 0 Å². The Balaban J connectivity index is 3.79. The number of hydrogen-bond acceptors (Lipinski definition) is 1. The fraction of sp³-hybridized carbons (Fsp3) is 1.00. The second-order valence-electron chi connectivity index (χ2n) is 6.16. The summed E-state index contributed by atoms with van der Waals surface area (Å²) in [6, 6.07) is 0.659. The van der Waals surface area contributed by atoms with Crippen molar-refractivity contribution in [1.29, 1.82) is 0 Å². The summed E-state index contributed by atoms with van der Waals surface area (Å²) in [6.45, 7) is 15.1. The maximum absolute atomic E-state index is 3.58. The molecule has 0 rings (SSSR count). The van der Waals surface area contributed by atoms with Crippen molar-refractivity contribution in [3.05, 3.63) is 0 Å². The van der Waals surface area contributed by atoms with Crippen molar-refractivity contribution in [2.75, 3.05) is 6.54 Å². The van der Waals surface area contributed by atoms with Gasteiger partial charge in [0.2, 0.25) is 0 Å². The Kier molecular flexibility index (Phi) is 7.25. The van der Waals surface area contributed by atoms with Gasteiger partial charge < -0.3 is 5.32 Å². The van der Waals surface area contributed by atoms with Crippen LogP contribution in [0.25, 0.3) is 0 Å². The second kappa shape index (κ2) is 7.27. The molecule has 0 aromatic rings. The van der Waals surface area contributed by atoms with Crippen LogP contribution < -0.4 is 5.32 Å². The zero-order valence-corrected chi connectivity index (χ0v) is 11.7. The topological polar surface area (TPSA) is 12.0 Å². The van der Waals surface area contributed by atoms with E-state index in [0.29, 0.717) is 11.5 Å². The Hall–Kier alpha value is -0.0400. The fourth-order valence-corrected chi connectivity index (χ4v) is 2.07. The second-order valence-corrected chi connectivity index (χ2v) is 6.16. The number of nitrogens with one attached hydrogen (secondary N) is 1. The lowest BCUT2D eigenvalue weighted by Gasteiger charge is -2.29. The average Bonchev–Trinajstić information content (AvgIpc) is 2.11. The number of rotatable bonds is 8. The summed E-state index contributed by atoms with van der Waals surface area (Å²) in [5, 5.41) is 3.58. The maximum Gasteiger partial charge on any atom is 0.00438 e. The molecule has 0 heterocycles. The van der Waals surface area contributed by atoms with E-state index < -0.39 is 0 Å². The van der Waals surface area contributed by atoms with Gasteiger partial charge in [0, 0.05) is 6.04 Å². The lowest BCUT2D eigenvalue weighted by Crippen LogP contribution is -2.31. The minimum absolute atomic E-state index is 0.491.